The Morgan fingerprint density at radius 2 is 1.51 bits per heavy atom. The predicted molar refractivity (Wildman–Crippen MR) is 157 cm³/mol. The molecular weight excluding hydrogens is 486 g/mol. The van der Waals surface area contributed by atoms with Gasteiger partial charge in [0.25, 0.3) is 0 Å². The van der Waals surface area contributed by atoms with Gasteiger partial charge in [-0.25, -0.2) is 9.48 Å². The number of aromatic nitrogens is 2. The highest BCUT2D eigenvalue weighted by Crippen LogP contribution is 2.28. The van der Waals surface area contributed by atoms with Gasteiger partial charge in [0.05, 0.1) is 11.4 Å². The van der Waals surface area contributed by atoms with Gasteiger partial charge in [-0.15, -0.1) is 0 Å². The van der Waals surface area contributed by atoms with E-state index in [1.807, 2.05) is 93.6 Å². The lowest BCUT2D eigenvalue weighted by Crippen LogP contribution is -2.40. The smallest absolute Gasteiger partial charge is 0.311 e. The van der Waals surface area contributed by atoms with Gasteiger partial charge in [0.1, 0.15) is 12.4 Å². The van der Waals surface area contributed by atoms with Gasteiger partial charge >= 0.3 is 6.03 Å². The van der Waals surface area contributed by atoms with Crippen molar-refractivity contribution in [1.29, 1.82) is 0 Å². The zero-order valence-electron chi connectivity index (χ0n) is 23.6. The van der Waals surface area contributed by atoms with E-state index in [9.17, 15) is 9.59 Å². The fourth-order valence-corrected chi connectivity index (χ4v) is 4.26. The average molecular weight is 524 g/mol. The van der Waals surface area contributed by atoms with Crippen LogP contribution in [-0.4, -0.2) is 33.2 Å². The number of hydrogen-bond acceptors (Lipinski definition) is 3. The minimum atomic E-state index is -0.351. The molecule has 0 saturated heterocycles. The van der Waals surface area contributed by atoms with Crippen molar-refractivity contribution < 1.29 is 9.59 Å². The summed E-state index contributed by atoms with van der Waals surface area (Å²) in [6.45, 7) is 12.5. The minimum Gasteiger partial charge on any atom is -0.311 e. The quantitative estimate of drug-likeness (QED) is 0.281. The standard InChI is InChI=1S/C32H37N5O2/c1-22-12-15-26(16-13-22)33-31(39)36(20-25-10-8-7-9-11-25)21-30(38)34-29-19-28(32(4,5)6)35-37(29)27-17-14-23(2)18-24(27)3/h7-19H,20-21H2,1-6H3,(H,33,39)(H,34,38). The molecule has 3 aromatic carbocycles. The van der Waals surface area contributed by atoms with Crippen LogP contribution < -0.4 is 10.6 Å². The molecule has 7 nitrogen and oxygen atoms in total. The van der Waals surface area contributed by atoms with Crippen LogP contribution in [-0.2, 0) is 16.8 Å². The van der Waals surface area contributed by atoms with Crippen LogP contribution in [0, 0.1) is 20.8 Å². The molecule has 1 aromatic heterocycles. The van der Waals surface area contributed by atoms with Gasteiger partial charge < -0.3 is 15.5 Å². The van der Waals surface area contributed by atoms with Crippen LogP contribution in [0.3, 0.4) is 0 Å². The van der Waals surface area contributed by atoms with Crippen molar-refractivity contribution in [3.63, 3.8) is 0 Å². The average Bonchev–Trinajstić information content (AvgIpc) is 3.29. The third-order valence-electron chi connectivity index (χ3n) is 6.47. The van der Waals surface area contributed by atoms with Crippen LogP contribution in [0.1, 0.15) is 48.7 Å². The Hall–Kier alpha value is -4.39. The maximum absolute atomic E-state index is 13.4. The number of benzene rings is 3. The Morgan fingerprint density at radius 1 is 0.846 bits per heavy atom. The van der Waals surface area contributed by atoms with Crippen molar-refractivity contribution in [3.8, 4) is 5.69 Å². The highest BCUT2D eigenvalue weighted by Gasteiger charge is 2.24. The number of nitrogens with zero attached hydrogens (tertiary/aromatic N) is 3. The highest BCUT2D eigenvalue weighted by atomic mass is 16.2. The predicted octanol–water partition coefficient (Wildman–Crippen LogP) is 6.77. The number of hydrogen-bond donors (Lipinski definition) is 2. The topological polar surface area (TPSA) is 79.3 Å². The van der Waals surface area contributed by atoms with E-state index in [0.717, 1.165) is 33.6 Å². The van der Waals surface area contributed by atoms with E-state index in [0.29, 0.717) is 11.5 Å². The molecule has 1 heterocycles. The summed E-state index contributed by atoms with van der Waals surface area (Å²) in [4.78, 5) is 28.2. The number of carbonyl (C=O) groups excluding carboxylic acids is 2. The minimum absolute atomic E-state index is 0.129. The largest absolute Gasteiger partial charge is 0.322 e. The summed E-state index contributed by atoms with van der Waals surface area (Å²) >= 11 is 0. The number of urea groups is 1. The number of anilines is 2. The summed E-state index contributed by atoms with van der Waals surface area (Å²) in [5.41, 5.74) is 6.45. The van der Waals surface area contributed by atoms with Gasteiger partial charge in [0.2, 0.25) is 5.91 Å². The van der Waals surface area contributed by atoms with Crippen molar-refractivity contribution >= 4 is 23.4 Å². The second-order valence-corrected chi connectivity index (χ2v) is 11.1. The molecule has 202 valence electrons. The number of nitrogens with one attached hydrogen (secondary N) is 2. The lowest BCUT2D eigenvalue weighted by Gasteiger charge is -2.23. The molecule has 7 heteroatoms. The number of rotatable bonds is 7. The molecule has 0 aliphatic heterocycles. The first-order chi connectivity index (χ1) is 18.5. The molecule has 39 heavy (non-hydrogen) atoms. The van der Waals surface area contributed by atoms with E-state index < -0.39 is 0 Å². The normalized spacial score (nSPS) is 11.2. The van der Waals surface area contributed by atoms with Gasteiger partial charge in [0, 0.05) is 23.7 Å². The van der Waals surface area contributed by atoms with Crippen molar-refractivity contribution in [2.75, 3.05) is 17.2 Å². The second-order valence-electron chi connectivity index (χ2n) is 11.1. The molecule has 0 radical (unpaired) electrons. The number of carbonyl (C=O) groups is 2. The molecule has 0 unspecified atom stereocenters. The summed E-state index contributed by atoms with van der Waals surface area (Å²) in [5.74, 6) is 0.256. The fourth-order valence-electron chi connectivity index (χ4n) is 4.26. The van der Waals surface area contributed by atoms with Gasteiger partial charge in [-0.05, 0) is 50.1 Å². The number of aryl methyl sites for hydroxylation is 3. The summed E-state index contributed by atoms with van der Waals surface area (Å²) in [6.07, 6.45) is 0. The second kappa shape index (κ2) is 11.6. The first-order valence-electron chi connectivity index (χ1n) is 13.1. The molecule has 0 bridgehead atoms. The first kappa shape index (κ1) is 27.6. The van der Waals surface area contributed by atoms with E-state index in [1.165, 1.54) is 4.90 Å². The number of amides is 3. The molecular formula is C32H37N5O2. The Morgan fingerprint density at radius 3 is 2.15 bits per heavy atom. The molecule has 4 aromatic rings. The highest BCUT2D eigenvalue weighted by molar-refractivity contribution is 5.96. The Bertz CT molecular complexity index is 1450. The van der Waals surface area contributed by atoms with E-state index >= 15 is 0 Å². The third-order valence-corrected chi connectivity index (χ3v) is 6.47. The van der Waals surface area contributed by atoms with E-state index in [-0.39, 0.29) is 30.4 Å². The lowest BCUT2D eigenvalue weighted by atomic mass is 9.92. The van der Waals surface area contributed by atoms with Gasteiger partial charge in [0.15, 0.2) is 0 Å². The third kappa shape index (κ3) is 7.13. The Balaban J connectivity index is 1.60. The first-order valence-corrected chi connectivity index (χ1v) is 13.1. The van der Waals surface area contributed by atoms with Crippen molar-refractivity contribution in [1.82, 2.24) is 14.7 Å². The summed E-state index contributed by atoms with van der Waals surface area (Å²) in [6, 6.07) is 24.9. The van der Waals surface area contributed by atoms with Gasteiger partial charge in [-0.3, -0.25) is 4.79 Å². The van der Waals surface area contributed by atoms with E-state index in [4.69, 9.17) is 5.10 Å². The summed E-state index contributed by atoms with van der Waals surface area (Å²) in [7, 11) is 0. The van der Waals surface area contributed by atoms with Crippen LogP contribution in [0.2, 0.25) is 0 Å². The molecule has 2 N–H and O–H groups in total. The molecule has 0 aliphatic carbocycles. The van der Waals surface area contributed by atoms with Crippen LogP contribution in [0.15, 0.2) is 78.9 Å². The van der Waals surface area contributed by atoms with Crippen molar-refractivity contribution in [2.45, 2.75) is 53.5 Å². The Kier molecular flexibility index (Phi) is 8.19. The van der Waals surface area contributed by atoms with Gasteiger partial charge in [-0.1, -0.05) is 86.5 Å². The van der Waals surface area contributed by atoms with Crippen LogP contribution >= 0.6 is 0 Å². The lowest BCUT2D eigenvalue weighted by molar-refractivity contribution is -0.116. The molecule has 4 rings (SSSR count). The molecule has 0 aliphatic rings. The molecule has 0 saturated carbocycles. The molecule has 0 fully saturated rings. The Labute approximate surface area is 230 Å². The van der Waals surface area contributed by atoms with Crippen LogP contribution in [0.25, 0.3) is 5.69 Å². The van der Waals surface area contributed by atoms with Crippen LogP contribution in [0.5, 0.6) is 0 Å². The maximum atomic E-state index is 13.4. The zero-order chi connectivity index (χ0) is 28.2. The SMILES string of the molecule is Cc1ccc(NC(=O)N(CC(=O)Nc2cc(C(C)(C)C)nn2-c2ccc(C)cc2C)Cc2ccccc2)cc1. The van der Waals surface area contributed by atoms with Crippen molar-refractivity contribution in [2.24, 2.45) is 0 Å². The van der Waals surface area contributed by atoms with E-state index in [1.54, 1.807) is 4.68 Å². The molecule has 0 atom stereocenters. The van der Waals surface area contributed by atoms with Crippen LogP contribution in [0.4, 0.5) is 16.3 Å². The van der Waals surface area contributed by atoms with E-state index in [2.05, 4.69) is 37.5 Å². The fraction of sp³-hybridized carbons (Fsp3) is 0.281. The summed E-state index contributed by atoms with van der Waals surface area (Å²) < 4.78 is 1.78. The molecule has 0 spiro atoms. The molecule has 3 amide bonds. The maximum Gasteiger partial charge on any atom is 0.322 e. The summed E-state index contributed by atoms with van der Waals surface area (Å²) in [5, 5.41) is 10.8. The zero-order valence-corrected chi connectivity index (χ0v) is 23.6. The van der Waals surface area contributed by atoms with Gasteiger partial charge in [-0.2, -0.15) is 5.10 Å². The van der Waals surface area contributed by atoms with Crippen molar-refractivity contribution in [3.05, 3.63) is 107 Å². The monoisotopic (exact) mass is 523 g/mol.